The summed E-state index contributed by atoms with van der Waals surface area (Å²) in [6.07, 6.45) is -7.71. The van der Waals surface area contributed by atoms with E-state index in [4.69, 9.17) is 16.3 Å². The fourth-order valence-electron chi connectivity index (χ4n) is 3.58. The van der Waals surface area contributed by atoms with E-state index in [0.29, 0.717) is 23.9 Å². The van der Waals surface area contributed by atoms with E-state index < -0.39 is 70.6 Å². The van der Waals surface area contributed by atoms with Crippen LogP contribution in [0, 0.1) is 17.5 Å². The normalized spacial score (nSPS) is 24.8. The molecule has 1 aromatic carbocycles. The van der Waals surface area contributed by atoms with Crippen LogP contribution in [0.1, 0.15) is 11.7 Å². The van der Waals surface area contributed by atoms with Crippen molar-refractivity contribution in [3.63, 3.8) is 0 Å². The first-order valence-corrected chi connectivity index (χ1v) is 11.2. The highest BCUT2D eigenvalue weighted by molar-refractivity contribution is 7.99. The number of alkyl halides is 3. The lowest BCUT2D eigenvalue weighted by molar-refractivity contribution is -0.178. The maximum atomic E-state index is 13.6. The molecule has 8 nitrogen and oxygen atoms in total. The minimum Gasteiger partial charge on any atom is -0.394 e. The lowest BCUT2D eigenvalue weighted by Crippen LogP contribution is -2.55. The highest BCUT2D eigenvalue weighted by Crippen LogP contribution is 2.43. The van der Waals surface area contributed by atoms with E-state index in [1.807, 2.05) is 0 Å². The Morgan fingerprint density at radius 2 is 1.75 bits per heavy atom. The minimum absolute atomic E-state index is 0.120. The largest absolute Gasteiger partial charge is 0.434 e. The van der Waals surface area contributed by atoms with Gasteiger partial charge in [-0.1, -0.05) is 28.6 Å². The average Bonchev–Trinajstić information content (AvgIpc) is 3.28. The maximum absolute atomic E-state index is 13.6. The van der Waals surface area contributed by atoms with Gasteiger partial charge in [-0.3, -0.25) is 0 Å². The molecule has 1 fully saturated rings. The van der Waals surface area contributed by atoms with E-state index in [2.05, 4.69) is 15.3 Å². The van der Waals surface area contributed by atoms with Crippen molar-refractivity contribution in [2.75, 3.05) is 6.61 Å². The van der Waals surface area contributed by atoms with Crippen LogP contribution in [0.3, 0.4) is 0 Å². The smallest absolute Gasteiger partial charge is 0.394 e. The standard InChI is InChI=1S/C20H15ClF6N4O4S/c21-8-3-13(18(28-4-8)20(25,26)27)36-19-17(34)15(16(33)12(6-32)35-19)31-5-11(29-30-31)7-1-9(22)14(24)10(23)2-7/h1-5,12,15-17,19,32-34H,6H2/t12?,15?,16-,17-,19+/m0/s1. The number of rotatable bonds is 5. The molecule has 36 heavy (non-hydrogen) atoms. The van der Waals surface area contributed by atoms with Crippen LogP contribution >= 0.6 is 23.4 Å². The number of ether oxygens (including phenoxy) is 1. The van der Waals surface area contributed by atoms with Gasteiger partial charge in [0.05, 0.1) is 17.8 Å². The number of aliphatic hydroxyl groups excluding tert-OH is 3. The molecule has 4 rings (SSSR count). The first kappa shape index (κ1) is 26.6. The molecule has 0 amide bonds. The van der Waals surface area contributed by atoms with Gasteiger partial charge in [-0.15, -0.1) is 5.10 Å². The molecule has 3 aromatic rings. The summed E-state index contributed by atoms with van der Waals surface area (Å²) < 4.78 is 87.1. The summed E-state index contributed by atoms with van der Waals surface area (Å²) in [7, 11) is 0. The Hall–Kier alpha value is -2.43. The van der Waals surface area contributed by atoms with Gasteiger partial charge in [0, 0.05) is 16.7 Å². The number of hydrogen-bond acceptors (Lipinski definition) is 8. The van der Waals surface area contributed by atoms with Gasteiger partial charge in [-0.05, 0) is 18.2 Å². The second kappa shape index (κ2) is 10.1. The van der Waals surface area contributed by atoms with E-state index in [9.17, 15) is 41.7 Å². The fraction of sp³-hybridized carbons (Fsp3) is 0.350. The van der Waals surface area contributed by atoms with Crippen molar-refractivity contribution in [1.29, 1.82) is 0 Å². The summed E-state index contributed by atoms with van der Waals surface area (Å²) in [5.74, 6) is -4.67. The van der Waals surface area contributed by atoms with Crippen molar-refractivity contribution in [3.05, 3.63) is 58.8 Å². The molecule has 3 heterocycles. The number of aromatic nitrogens is 4. The van der Waals surface area contributed by atoms with E-state index in [1.54, 1.807) is 0 Å². The molecule has 0 bridgehead atoms. The molecule has 2 aromatic heterocycles. The average molecular weight is 557 g/mol. The number of halogens is 7. The Bertz CT molecular complexity index is 1240. The zero-order chi connectivity index (χ0) is 26.4. The Morgan fingerprint density at radius 3 is 2.36 bits per heavy atom. The number of thioether (sulfide) groups is 1. The van der Waals surface area contributed by atoms with Crippen molar-refractivity contribution in [2.45, 2.75) is 40.9 Å². The number of aliphatic hydroxyl groups is 3. The second-order valence-corrected chi connectivity index (χ2v) is 9.23. The lowest BCUT2D eigenvalue weighted by Gasteiger charge is -2.41. The predicted molar refractivity (Wildman–Crippen MR) is 112 cm³/mol. The second-order valence-electron chi connectivity index (χ2n) is 7.65. The SMILES string of the molecule is OCC1O[C@H](Sc2cc(Cl)cnc2C(F)(F)F)[C@@H](O)C(n2cc(-c3cc(F)c(F)c(F)c3)nn2)[C@H]1O. The molecule has 1 aliphatic rings. The Labute approximate surface area is 207 Å². The molecular formula is C20H15ClF6N4O4S. The summed E-state index contributed by atoms with van der Waals surface area (Å²) >= 11 is 6.20. The quantitative estimate of drug-likeness (QED) is 0.324. The van der Waals surface area contributed by atoms with Gasteiger partial charge in [0.2, 0.25) is 0 Å². The highest BCUT2D eigenvalue weighted by atomic mass is 35.5. The summed E-state index contributed by atoms with van der Waals surface area (Å²) in [6.45, 7) is -0.780. The van der Waals surface area contributed by atoms with Crippen molar-refractivity contribution in [2.24, 2.45) is 0 Å². The first-order valence-electron chi connectivity index (χ1n) is 9.99. The third-order valence-electron chi connectivity index (χ3n) is 5.27. The molecule has 16 heteroatoms. The van der Waals surface area contributed by atoms with Gasteiger partial charge in [0.15, 0.2) is 23.1 Å². The molecular weight excluding hydrogens is 542 g/mol. The van der Waals surface area contributed by atoms with Gasteiger partial charge < -0.3 is 20.1 Å². The van der Waals surface area contributed by atoms with Gasteiger partial charge >= 0.3 is 6.18 Å². The van der Waals surface area contributed by atoms with E-state index in [1.165, 1.54) is 0 Å². The van der Waals surface area contributed by atoms with Gasteiger partial charge in [-0.2, -0.15) is 13.2 Å². The lowest BCUT2D eigenvalue weighted by atomic mass is 9.97. The third-order valence-corrected chi connectivity index (χ3v) is 6.67. The summed E-state index contributed by atoms with van der Waals surface area (Å²) in [4.78, 5) is 2.82. The summed E-state index contributed by atoms with van der Waals surface area (Å²) in [5.41, 5.74) is -3.15. The molecule has 0 aliphatic carbocycles. The van der Waals surface area contributed by atoms with Crippen LogP contribution < -0.4 is 0 Å². The number of pyridine rings is 1. The van der Waals surface area contributed by atoms with Gasteiger partial charge in [0.1, 0.15) is 35.5 Å². The third kappa shape index (κ3) is 5.17. The molecule has 0 radical (unpaired) electrons. The Kier molecular flexibility index (Phi) is 7.50. The highest BCUT2D eigenvalue weighted by Gasteiger charge is 2.47. The number of hydrogen-bond donors (Lipinski definition) is 3. The van der Waals surface area contributed by atoms with Crippen molar-refractivity contribution in [1.82, 2.24) is 20.0 Å². The molecule has 194 valence electrons. The summed E-state index contributed by atoms with van der Waals surface area (Å²) in [5, 5.41) is 38.5. The maximum Gasteiger partial charge on any atom is 0.434 e. The van der Waals surface area contributed by atoms with Crippen molar-refractivity contribution in [3.8, 4) is 11.3 Å². The fourth-order valence-corrected chi connectivity index (χ4v) is 5.03. The van der Waals surface area contributed by atoms with Gasteiger partial charge in [0.25, 0.3) is 0 Å². The van der Waals surface area contributed by atoms with Crippen LogP contribution in [0.15, 0.2) is 35.5 Å². The van der Waals surface area contributed by atoms with Crippen LogP contribution in [0.2, 0.25) is 5.02 Å². The Balaban J connectivity index is 1.67. The van der Waals surface area contributed by atoms with E-state index in [0.717, 1.165) is 23.1 Å². The van der Waals surface area contributed by atoms with Crippen molar-refractivity contribution >= 4 is 23.4 Å². The molecule has 3 N–H and O–H groups in total. The first-order chi connectivity index (χ1) is 16.9. The molecule has 0 saturated carbocycles. The monoisotopic (exact) mass is 556 g/mol. The van der Waals surface area contributed by atoms with Gasteiger partial charge in [-0.25, -0.2) is 22.8 Å². The molecule has 0 spiro atoms. The Morgan fingerprint density at radius 1 is 1.08 bits per heavy atom. The van der Waals surface area contributed by atoms with Crippen LogP contribution in [-0.2, 0) is 10.9 Å². The van der Waals surface area contributed by atoms with Crippen molar-refractivity contribution < 1.29 is 46.4 Å². The van der Waals surface area contributed by atoms with Crippen LogP contribution in [-0.4, -0.2) is 65.7 Å². The van der Waals surface area contributed by atoms with Crippen LogP contribution in [0.5, 0.6) is 0 Å². The molecule has 5 atom stereocenters. The number of benzene rings is 1. The molecule has 1 aliphatic heterocycles. The van der Waals surface area contributed by atoms with Crippen LogP contribution in [0.4, 0.5) is 26.3 Å². The zero-order valence-electron chi connectivity index (χ0n) is 17.6. The van der Waals surface area contributed by atoms with E-state index in [-0.39, 0.29) is 16.3 Å². The topological polar surface area (TPSA) is 114 Å². The zero-order valence-corrected chi connectivity index (χ0v) is 19.1. The number of nitrogens with zero attached hydrogens (tertiary/aromatic N) is 4. The van der Waals surface area contributed by atoms with Crippen LogP contribution in [0.25, 0.3) is 11.3 Å². The minimum atomic E-state index is -4.86. The predicted octanol–water partition coefficient (Wildman–Crippen LogP) is 3.20. The molecule has 2 unspecified atom stereocenters. The summed E-state index contributed by atoms with van der Waals surface area (Å²) in [6, 6.07) is 0.858. The van der Waals surface area contributed by atoms with E-state index >= 15 is 0 Å². The molecule has 1 saturated heterocycles.